The van der Waals surface area contributed by atoms with E-state index in [1.807, 2.05) is 0 Å². The first-order chi connectivity index (χ1) is 12.0. The normalized spacial score (nSPS) is 15.9. The third-order valence-electron chi connectivity index (χ3n) is 3.93. The number of imide groups is 1. The minimum atomic E-state index is -0.827. The van der Waals surface area contributed by atoms with E-state index in [0.717, 1.165) is 24.2 Å². The number of fused-ring (bicyclic) bond motifs is 1. The molecule has 1 aliphatic carbocycles. The zero-order valence-electron chi connectivity index (χ0n) is 12.9. The molecule has 0 bridgehead atoms. The molecular weight excluding hydrogens is 344 g/mol. The number of nitrogens with zero attached hydrogens (tertiary/aromatic N) is 1. The Morgan fingerprint density at radius 1 is 1.04 bits per heavy atom. The van der Waals surface area contributed by atoms with Gasteiger partial charge in [-0.25, -0.2) is 4.79 Å². The molecule has 3 amide bonds. The van der Waals surface area contributed by atoms with Crippen molar-refractivity contribution in [3.63, 3.8) is 0 Å². The zero-order valence-corrected chi connectivity index (χ0v) is 13.7. The van der Waals surface area contributed by atoms with E-state index in [2.05, 4.69) is 5.32 Å². The zero-order chi connectivity index (χ0) is 17.6. The molecule has 1 fully saturated rings. The fraction of sp³-hybridized carbons (Fsp3) is 0.176. The van der Waals surface area contributed by atoms with Gasteiger partial charge in [-0.2, -0.15) is 0 Å². The summed E-state index contributed by atoms with van der Waals surface area (Å²) in [6.45, 7) is 0. The number of nitrogens with one attached hydrogen (secondary N) is 1. The lowest BCUT2D eigenvalue weighted by Gasteiger charge is -2.11. The second-order valence-electron chi connectivity index (χ2n) is 5.76. The van der Waals surface area contributed by atoms with Gasteiger partial charge in [0.2, 0.25) is 5.91 Å². The van der Waals surface area contributed by atoms with Crippen LogP contribution in [0.5, 0.6) is 0 Å². The number of hydroxylamine groups is 2. The average Bonchev–Trinajstić information content (AvgIpc) is 3.33. The molecule has 0 radical (unpaired) electrons. The standard InChI is InChI=1S/C17H12N2O5S/c20-14(9-5-6-9)18-13-8-7-12(25-13)17(23)24-19-15(21)10-3-1-2-4-11(10)16(19)22/h1-4,7-9H,5-6H2,(H,18,20). The maximum absolute atomic E-state index is 12.2. The molecule has 4 rings (SSSR count). The van der Waals surface area contributed by atoms with Crippen LogP contribution in [-0.2, 0) is 9.63 Å². The van der Waals surface area contributed by atoms with E-state index in [4.69, 9.17) is 4.84 Å². The predicted molar refractivity (Wildman–Crippen MR) is 88.0 cm³/mol. The third kappa shape index (κ3) is 2.80. The first kappa shape index (κ1) is 15.5. The molecule has 7 nitrogen and oxygen atoms in total. The van der Waals surface area contributed by atoms with Crippen LogP contribution in [-0.4, -0.2) is 28.8 Å². The Bertz CT molecular complexity index is 880. The molecule has 8 heteroatoms. The van der Waals surface area contributed by atoms with Gasteiger partial charge in [0, 0.05) is 5.92 Å². The van der Waals surface area contributed by atoms with Gasteiger partial charge in [0.25, 0.3) is 11.8 Å². The van der Waals surface area contributed by atoms with Crippen LogP contribution in [0, 0.1) is 5.92 Å². The molecule has 1 aromatic carbocycles. The summed E-state index contributed by atoms with van der Waals surface area (Å²) in [6.07, 6.45) is 1.76. The number of amides is 3. The fourth-order valence-corrected chi connectivity index (χ4v) is 3.24. The predicted octanol–water partition coefficient (Wildman–Crippen LogP) is 2.46. The lowest BCUT2D eigenvalue weighted by atomic mass is 10.1. The van der Waals surface area contributed by atoms with Crippen LogP contribution in [0.25, 0.3) is 0 Å². The van der Waals surface area contributed by atoms with Crippen LogP contribution < -0.4 is 5.32 Å². The van der Waals surface area contributed by atoms with Crippen molar-refractivity contribution in [3.8, 4) is 0 Å². The van der Waals surface area contributed by atoms with Gasteiger partial charge >= 0.3 is 5.97 Å². The molecule has 126 valence electrons. The van der Waals surface area contributed by atoms with Gasteiger partial charge < -0.3 is 10.2 Å². The summed E-state index contributed by atoms with van der Waals surface area (Å²) in [4.78, 5) is 53.5. The van der Waals surface area contributed by atoms with Crippen molar-refractivity contribution >= 4 is 40.0 Å². The molecule has 2 heterocycles. The highest BCUT2D eigenvalue weighted by molar-refractivity contribution is 7.18. The highest BCUT2D eigenvalue weighted by Crippen LogP contribution is 2.32. The Labute approximate surface area is 146 Å². The first-order valence-corrected chi connectivity index (χ1v) is 8.47. The van der Waals surface area contributed by atoms with Crippen LogP contribution in [0.3, 0.4) is 0 Å². The van der Waals surface area contributed by atoms with Gasteiger partial charge in [-0.1, -0.05) is 17.2 Å². The number of carbonyl (C=O) groups excluding carboxylic acids is 4. The topological polar surface area (TPSA) is 92.8 Å². The lowest BCUT2D eigenvalue weighted by molar-refractivity contribution is -0.117. The summed E-state index contributed by atoms with van der Waals surface area (Å²) in [5.41, 5.74) is 0.396. The second-order valence-corrected chi connectivity index (χ2v) is 6.84. The van der Waals surface area contributed by atoms with Gasteiger partial charge in [-0.3, -0.25) is 14.4 Å². The quantitative estimate of drug-likeness (QED) is 0.850. The Kier molecular flexibility index (Phi) is 3.61. The fourth-order valence-electron chi connectivity index (χ4n) is 2.46. The van der Waals surface area contributed by atoms with E-state index in [-0.39, 0.29) is 27.8 Å². The minimum Gasteiger partial charge on any atom is -0.323 e. The third-order valence-corrected chi connectivity index (χ3v) is 4.91. The molecule has 1 aromatic heterocycles. The molecule has 0 atom stereocenters. The summed E-state index contributed by atoms with van der Waals surface area (Å²) in [6, 6.07) is 9.32. The van der Waals surface area contributed by atoms with Gasteiger partial charge in [0.1, 0.15) is 4.88 Å². The molecule has 1 saturated carbocycles. The van der Waals surface area contributed by atoms with E-state index in [1.165, 1.54) is 18.2 Å². The smallest absolute Gasteiger partial charge is 0.323 e. The van der Waals surface area contributed by atoms with Crippen LogP contribution >= 0.6 is 11.3 Å². The van der Waals surface area contributed by atoms with E-state index in [9.17, 15) is 19.2 Å². The Balaban J connectivity index is 1.46. The lowest BCUT2D eigenvalue weighted by Crippen LogP contribution is -2.32. The molecule has 2 aliphatic rings. The molecule has 25 heavy (non-hydrogen) atoms. The molecule has 2 aromatic rings. The van der Waals surface area contributed by atoms with Gasteiger partial charge in [0.15, 0.2) is 0 Å². The van der Waals surface area contributed by atoms with Crippen molar-refractivity contribution in [3.05, 3.63) is 52.4 Å². The van der Waals surface area contributed by atoms with E-state index >= 15 is 0 Å². The molecule has 1 aliphatic heterocycles. The number of anilines is 1. The van der Waals surface area contributed by atoms with Crippen LogP contribution in [0.2, 0.25) is 0 Å². The second kappa shape index (κ2) is 5.82. The Hall–Kier alpha value is -3.00. The average molecular weight is 356 g/mol. The van der Waals surface area contributed by atoms with Gasteiger partial charge in [-0.05, 0) is 37.1 Å². The number of benzene rings is 1. The number of hydrogen-bond donors (Lipinski definition) is 1. The van der Waals surface area contributed by atoms with Crippen molar-refractivity contribution < 1.29 is 24.0 Å². The van der Waals surface area contributed by atoms with E-state index in [1.54, 1.807) is 18.2 Å². The summed E-state index contributed by atoms with van der Waals surface area (Å²) in [7, 11) is 0. The monoisotopic (exact) mass is 356 g/mol. The first-order valence-electron chi connectivity index (χ1n) is 7.65. The SMILES string of the molecule is O=C(ON1C(=O)c2ccccc2C1=O)c1ccc(NC(=O)C2CC2)s1. The highest BCUT2D eigenvalue weighted by atomic mass is 32.1. The molecule has 0 spiro atoms. The van der Waals surface area contributed by atoms with Gasteiger partial charge in [0.05, 0.1) is 16.1 Å². The maximum Gasteiger partial charge on any atom is 0.373 e. The molecule has 1 N–H and O–H groups in total. The number of thiophene rings is 1. The largest absolute Gasteiger partial charge is 0.373 e. The summed E-state index contributed by atoms with van der Waals surface area (Å²) in [5.74, 6) is -2.19. The molecule has 0 saturated heterocycles. The molecule has 0 unspecified atom stereocenters. The summed E-state index contributed by atoms with van der Waals surface area (Å²) >= 11 is 1.03. The summed E-state index contributed by atoms with van der Waals surface area (Å²) < 4.78 is 0. The van der Waals surface area contributed by atoms with Crippen molar-refractivity contribution in [2.75, 3.05) is 5.32 Å². The van der Waals surface area contributed by atoms with Gasteiger partial charge in [-0.15, -0.1) is 11.3 Å². The number of carbonyl (C=O) groups is 4. The summed E-state index contributed by atoms with van der Waals surface area (Å²) in [5, 5.41) is 3.72. The van der Waals surface area contributed by atoms with E-state index < -0.39 is 17.8 Å². The van der Waals surface area contributed by atoms with Crippen LogP contribution in [0.4, 0.5) is 5.00 Å². The van der Waals surface area contributed by atoms with Crippen molar-refractivity contribution in [1.82, 2.24) is 5.06 Å². The van der Waals surface area contributed by atoms with Crippen LogP contribution in [0.1, 0.15) is 43.2 Å². The Morgan fingerprint density at radius 2 is 1.68 bits per heavy atom. The number of rotatable bonds is 4. The minimum absolute atomic E-state index is 0.0517. The van der Waals surface area contributed by atoms with Crippen molar-refractivity contribution in [1.29, 1.82) is 0 Å². The van der Waals surface area contributed by atoms with Crippen LogP contribution in [0.15, 0.2) is 36.4 Å². The van der Waals surface area contributed by atoms with Crippen molar-refractivity contribution in [2.45, 2.75) is 12.8 Å². The molecular formula is C17H12N2O5S. The number of hydrogen-bond acceptors (Lipinski definition) is 6. The Morgan fingerprint density at radius 3 is 2.28 bits per heavy atom. The highest BCUT2D eigenvalue weighted by Gasteiger charge is 2.39. The maximum atomic E-state index is 12.2. The van der Waals surface area contributed by atoms with E-state index in [0.29, 0.717) is 10.1 Å². The van der Waals surface area contributed by atoms with Crippen molar-refractivity contribution in [2.24, 2.45) is 5.92 Å².